The van der Waals surface area contributed by atoms with Crippen LogP contribution in [-0.2, 0) is 6.54 Å². The summed E-state index contributed by atoms with van der Waals surface area (Å²) in [5.74, 6) is 1.20. The van der Waals surface area contributed by atoms with Crippen LogP contribution in [0.25, 0.3) is 22.4 Å². The number of nitrogens with one attached hydrogen (secondary N) is 1. The maximum Gasteiger partial charge on any atom is 0.258 e. The molecular formula is C14H14N4O. The number of pyridine rings is 1. The third kappa shape index (κ3) is 2.32. The number of fused-ring (bicyclic) bond motifs is 1. The van der Waals surface area contributed by atoms with E-state index in [4.69, 9.17) is 4.52 Å². The molecule has 0 fully saturated rings. The highest BCUT2D eigenvalue weighted by molar-refractivity contribution is 5.91. The van der Waals surface area contributed by atoms with Crippen LogP contribution in [0.5, 0.6) is 0 Å². The second-order valence-corrected chi connectivity index (χ2v) is 4.17. The van der Waals surface area contributed by atoms with E-state index in [2.05, 4.69) is 20.4 Å². The van der Waals surface area contributed by atoms with Gasteiger partial charge in [0.15, 0.2) is 5.82 Å². The molecule has 0 amide bonds. The van der Waals surface area contributed by atoms with Gasteiger partial charge in [0.05, 0.1) is 17.6 Å². The van der Waals surface area contributed by atoms with Gasteiger partial charge in [-0.05, 0) is 18.7 Å². The zero-order valence-corrected chi connectivity index (χ0v) is 10.6. The summed E-state index contributed by atoms with van der Waals surface area (Å²) >= 11 is 0. The van der Waals surface area contributed by atoms with E-state index >= 15 is 0 Å². The lowest BCUT2D eigenvalue weighted by molar-refractivity contribution is 0.420. The second kappa shape index (κ2) is 5.16. The second-order valence-electron chi connectivity index (χ2n) is 4.17. The van der Waals surface area contributed by atoms with E-state index in [1.54, 1.807) is 6.20 Å². The van der Waals surface area contributed by atoms with E-state index < -0.39 is 0 Å². The SMILES string of the molecule is CCNCc1noc(-c2ccnc3ccccc23)n1. The molecule has 3 rings (SSSR count). The molecule has 0 atom stereocenters. The van der Waals surface area contributed by atoms with Crippen molar-refractivity contribution in [3.8, 4) is 11.5 Å². The minimum Gasteiger partial charge on any atom is -0.334 e. The Morgan fingerprint density at radius 3 is 3.00 bits per heavy atom. The first-order chi connectivity index (χ1) is 9.38. The number of hydrogen-bond donors (Lipinski definition) is 1. The lowest BCUT2D eigenvalue weighted by atomic mass is 10.1. The largest absolute Gasteiger partial charge is 0.334 e. The summed E-state index contributed by atoms with van der Waals surface area (Å²) in [7, 11) is 0. The average Bonchev–Trinajstić information content (AvgIpc) is 2.93. The van der Waals surface area contributed by atoms with Crippen molar-refractivity contribution in [2.24, 2.45) is 0 Å². The number of hydrogen-bond acceptors (Lipinski definition) is 5. The van der Waals surface area contributed by atoms with Crippen molar-refractivity contribution in [2.45, 2.75) is 13.5 Å². The first kappa shape index (κ1) is 11.8. The van der Waals surface area contributed by atoms with Crippen molar-refractivity contribution in [1.29, 1.82) is 0 Å². The van der Waals surface area contributed by atoms with Gasteiger partial charge in [0.2, 0.25) is 0 Å². The molecule has 0 bridgehead atoms. The average molecular weight is 254 g/mol. The fourth-order valence-corrected chi connectivity index (χ4v) is 1.95. The van der Waals surface area contributed by atoms with E-state index in [9.17, 15) is 0 Å². The number of rotatable bonds is 4. The molecule has 3 aromatic rings. The van der Waals surface area contributed by atoms with Crippen molar-refractivity contribution in [2.75, 3.05) is 6.54 Å². The van der Waals surface area contributed by atoms with E-state index in [0.717, 1.165) is 23.0 Å². The van der Waals surface area contributed by atoms with Crippen LogP contribution in [0, 0.1) is 0 Å². The first-order valence-electron chi connectivity index (χ1n) is 6.26. The van der Waals surface area contributed by atoms with Crippen LogP contribution in [0.4, 0.5) is 0 Å². The minimum absolute atomic E-state index is 0.534. The van der Waals surface area contributed by atoms with Crippen LogP contribution in [0.2, 0.25) is 0 Å². The molecule has 0 spiro atoms. The molecule has 5 heteroatoms. The van der Waals surface area contributed by atoms with Crippen LogP contribution < -0.4 is 5.32 Å². The van der Waals surface area contributed by atoms with Crippen molar-refractivity contribution >= 4 is 10.9 Å². The number of benzene rings is 1. The summed E-state index contributed by atoms with van der Waals surface area (Å²) in [6.45, 7) is 3.53. The summed E-state index contributed by atoms with van der Waals surface area (Å²) in [4.78, 5) is 8.72. The van der Waals surface area contributed by atoms with Crippen LogP contribution >= 0.6 is 0 Å². The minimum atomic E-state index is 0.534. The predicted octanol–water partition coefficient (Wildman–Crippen LogP) is 2.39. The zero-order chi connectivity index (χ0) is 13.1. The van der Waals surface area contributed by atoms with Crippen LogP contribution in [0.1, 0.15) is 12.7 Å². The Labute approximate surface area is 110 Å². The van der Waals surface area contributed by atoms with Gasteiger partial charge >= 0.3 is 0 Å². The number of para-hydroxylation sites is 1. The molecule has 0 aliphatic carbocycles. The highest BCUT2D eigenvalue weighted by atomic mass is 16.5. The summed E-state index contributed by atoms with van der Waals surface area (Å²) in [5.41, 5.74) is 1.84. The molecule has 2 heterocycles. The number of aromatic nitrogens is 3. The molecule has 0 aliphatic rings. The van der Waals surface area contributed by atoms with Gasteiger partial charge in [-0.15, -0.1) is 0 Å². The van der Waals surface area contributed by atoms with Gasteiger partial charge in [-0.25, -0.2) is 0 Å². The van der Waals surface area contributed by atoms with Gasteiger partial charge in [-0.2, -0.15) is 4.98 Å². The maximum absolute atomic E-state index is 5.33. The van der Waals surface area contributed by atoms with Crippen molar-refractivity contribution < 1.29 is 4.52 Å². The van der Waals surface area contributed by atoms with Crippen LogP contribution in [0.15, 0.2) is 41.1 Å². The highest BCUT2D eigenvalue weighted by Gasteiger charge is 2.11. The van der Waals surface area contributed by atoms with E-state index in [0.29, 0.717) is 18.3 Å². The molecule has 5 nitrogen and oxygen atoms in total. The van der Waals surface area contributed by atoms with Crippen molar-refractivity contribution in [3.63, 3.8) is 0 Å². The number of nitrogens with zero attached hydrogens (tertiary/aromatic N) is 3. The maximum atomic E-state index is 5.33. The Kier molecular flexibility index (Phi) is 3.20. The molecule has 2 aromatic heterocycles. The Bertz CT molecular complexity index is 687. The zero-order valence-electron chi connectivity index (χ0n) is 10.6. The molecular weight excluding hydrogens is 240 g/mol. The van der Waals surface area contributed by atoms with Gasteiger partial charge in [0, 0.05) is 11.6 Å². The molecule has 0 saturated carbocycles. The fourth-order valence-electron chi connectivity index (χ4n) is 1.95. The molecule has 96 valence electrons. The summed E-state index contributed by atoms with van der Waals surface area (Å²) in [6.07, 6.45) is 1.76. The Balaban J connectivity index is 2.02. The van der Waals surface area contributed by atoms with Crippen LogP contribution in [0.3, 0.4) is 0 Å². The molecule has 0 unspecified atom stereocenters. The Morgan fingerprint density at radius 2 is 2.11 bits per heavy atom. The Morgan fingerprint density at radius 1 is 1.21 bits per heavy atom. The van der Waals surface area contributed by atoms with Gasteiger partial charge in [-0.1, -0.05) is 30.3 Å². The third-order valence-corrected chi connectivity index (χ3v) is 2.88. The van der Waals surface area contributed by atoms with Gasteiger partial charge in [0.1, 0.15) is 0 Å². The fraction of sp³-hybridized carbons (Fsp3) is 0.214. The van der Waals surface area contributed by atoms with Crippen molar-refractivity contribution in [1.82, 2.24) is 20.4 Å². The Hall–Kier alpha value is -2.27. The van der Waals surface area contributed by atoms with E-state index in [-0.39, 0.29) is 0 Å². The van der Waals surface area contributed by atoms with E-state index in [1.807, 2.05) is 37.3 Å². The molecule has 0 radical (unpaired) electrons. The standard InChI is InChI=1S/C14H14N4O/c1-2-15-9-13-17-14(19-18-13)11-7-8-16-12-6-4-3-5-10(11)12/h3-8,15H,2,9H2,1H3. The summed E-state index contributed by atoms with van der Waals surface area (Å²) < 4.78 is 5.33. The summed E-state index contributed by atoms with van der Waals surface area (Å²) in [5, 5.41) is 8.15. The van der Waals surface area contributed by atoms with Crippen molar-refractivity contribution in [3.05, 3.63) is 42.4 Å². The molecule has 1 aromatic carbocycles. The molecule has 19 heavy (non-hydrogen) atoms. The third-order valence-electron chi connectivity index (χ3n) is 2.88. The van der Waals surface area contributed by atoms with Gasteiger partial charge in [0.25, 0.3) is 5.89 Å². The lowest BCUT2D eigenvalue weighted by Crippen LogP contribution is -2.12. The summed E-state index contributed by atoms with van der Waals surface area (Å²) in [6, 6.07) is 9.81. The monoisotopic (exact) mass is 254 g/mol. The van der Waals surface area contributed by atoms with Crippen LogP contribution in [-0.4, -0.2) is 21.7 Å². The smallest absolute Gasteiger partial charge is 0.258 e. The predicted molar refractivity (Wildman–Crippen MR) is 72.4 cm³/mol. The van der Waals surface area contributed by atoms with E-state index in [1.165, 1.54) is 0 Å². The van der Waals surface area contributed by atoms with Gasteiger partial charge < -0.3 is 9.84 Å². The molecule has 1 N–H and O–H groups in total. The highest BCUT2D eigenvalue weighted by Crippen LogP contribution is 2.25. The topological polar surface area (TPSA) is 63.8 Å². The first-order valence-corrected chi connectivity index (χ1v) is 6.26. The van der Waals surface area contributed by atoms with Gasteiger partial charge in [-0.3, -0.25) is 4.98 Å². The molecule has 0 aliphatic heterocycles. The lowest BCUT2D eigenvalue weighted by Gasteiger charge is -2.00. The quantitative estimate of drug-likeness (QED) is 0.774. The molecule has 0 saturated heterocycles. The normalized spacial score (nSPS) is 11.0.